The van der Waals surface area contributed by atoms with Gasteiger partial charge in [-0.2, -0.15) is 0 Å². The number of alkyl carbamates (subject to hydrolysis) is 1. The molecule has 0 saturated carbocycles. The monoisotopic (exact) mass is 481 g/mol. The van der Waals surface area contributed by atoms with Gasteiger partial charge in [0.05, 0.1) is 17.7 Å². The first-order valence-corrected chi connectivity index (χ1v) is 11.1. The Morgan fingerprint density at radius 2 is 1.62 bits per heavy atom. The van der Waals surface area contributed by atoms with Gasteiger partial charge in [-0.3, -0.25) is 0 Å². The van der Waals surface area contributed by atoms with Crippen molar-refractivity contribution in [3.63, 3.8) is 0 Å². The number of halogens is 1. The van der Waals surface area contributed by atoms with Gasteiger partial charge in [0.2, 0.25) is 0 Å². The van der Waals surface area contributed by atoms with Crippen molar-refractivity contribution in [2.75, 3.05) is 20.3 Å². The molecule has 3 aromatic carbocycles. The summed E-state index contributed by atoms with van der Waals surface area (Å²) >= 11 is 6.07. The second kappa shape index (κ2) is 10.3. The lowest BCUT2D eigenvalue weighted by molar-refractivity contribution is 0.0185. The molecule has 1 amide bonds. The van der Waals surface area contributed by atoms with Crippen molar-refractivity contribution in [3.05, 3.63) is 94.0 Å². The van der Waals surface area contributed by atoms with Crippen LogP contribution in [0.2, 0.25) is 5.02 Å². The van der Waals surface area contributed by atoms with Crippen LogP contribution in [0, 0.1) is 0 Å². The lowest BCUT2D eigenvalue weighted by Crippen LogP contribution is -2.36. The molecule has 0 fully saturated rings. The first-order valence-electron chi connectivity index (χ1n) is 10.7. The van der Waals surface area contributed by atoms with Gasteiger partial charge < -0.3 is 25.0 Å². The van der Waals surface area contributed by atoms with Crippen LogP contribution in [0.5, 0.6) is 0 Å². The van der Waals surface area contributed by atoms with E-state index >= 15 is 0 Å². The molecule has 0 heterocycles. The quantitative estimate of drug-likeness (QED) is 0.439. The van der Waals surface area contributed by atoms with Gasteiger partial charge in [0.25, 0.3) is 0 Å². The Bertz CT molecular complexity index is 1170. The van der Waals surface area contributed by atoms with Crippen LogP contribution in [0.25, 0.3) is 11.1 Å². The topological polar surface area (TPSA) is 105 Å². The van der Waals surface area contributed by atoms with Gasteiger partial charge >= 0.3 is 12.1 Å². The van der Waals surface area contributed by atoms with Crippen molar-refractivity contribution < 1.29 is 29.3 Å². The molecule has 1 aliphatic carbocycles. The molecule has 3 aromatic rings. The first kappa shape index (κ1) is 23.8. The molecule has 2 atom stereocenters. The lowest BCUT2D eigenvalue weighted by atomic mass is 9.98. The maximum atomic E-state index is 12.3. The Kier molecular flexibility index (Phi) is 7.17. The van der Waals surface area contributed by atoms with E-state index in [0.717, 1.165) is 22.3 Å². The summed E-state index contributed by atoms with van der Waals surface area (Å²) in [5.74, 6) is -0.687. The molecule has 0 saturated heterocycles. The fourth-order valence-electron chi connectivity index (χ4n) is 4.16. The minimum atomic E-state index is -1.34. The van der Waals surface area contributed by atoms with Crippen LogP contribution >= 0.6 is 11.6 Å². The number of amides is 1. The Morgan fingerprint density at radius 1 is 1.00 bits per heavy atom. The smallest absolute Gasteiger partial charge is 0.407 e. The van der Waals surface area contributed by atoms with E-state index in [-0.39, 0.29) is 29.7 Å². The molecule has 8 heteroatoms. The second-order valence-electron chi connectivity index (χ2n) is 7.95. The molecule has 176 valence electrons. The highest BCUT2D eigenvalue weighted by Crippen LogP contribution is 2.44. The third-order valence-electron chi connectivity index (χ3n) is 5.90. The Hall–Kier alpha value is -3.39. The molecule has 4 rings (SSSR count). The summed E-state index contributed by atoms with van der Waals surface area (Å²) in [7, 11) is 1.24. The van der Waals surface area contributed by atoms with Gasteiger partial charge in [-0.1, -0.05) is 66.2 Å². The average molecular weight is 482 g/mol. The van der Waals surface area contributed by atoms with Gasteiger partial charge in [-0.25, -0.2) is 9.59 Å². The highest BCUT2D eigenvalue weighted by molar-refractivity contribution is 6.33. The van der Waals surface area contributed by atoms with E-state index < -0.39 is 24.3 Å². The molecular weight excluding hydrogens is 458 g/mol. The van der Waals surface area contributed by atoms with E-state index in [1.807, 2.05) is 36.4 Å². The maximum absolute atomic E-state index is 12.3. The number of aliphatic hydroxyl groups is 2. The largest absolute Gasteiger partial charge is 0.465 e. The zero-order valence-corrected chi connectivity index (χ0v) is 19.2. The Morgan fingerprint density at radius 3 is 2.21 bits per heavy atom. The number of benzene rings is 3. The lowest BCUT2D eigenvalue weighted by Gasteiger charge is -2.20. The van der Waals surface area contributed by atoms with Crippen LogP contribution < -0.4 is 5.32 Å². The van der Waals surface area contributed by atoms with Crippen LogP contribution in [0.3, 0.4) is 0 Å². The van der Waals surface area contributed by atoms with Gasteiger partial charge in [0.1, 0.15) is 18.8 Å². The molecule has 0 aromatic heterocycles. The molecule has 0 aliphatic heterocycles. The van der Waals surface area contributed by atoms with E-state index in [1.165, 1.54) is 25.3 Å². The van der Waals surface area contributed by atoms with Crippen LogP contribution in [-0.2, 0) is 9.47 Å². The molecule has 34 heavy (non-hydrogen) atoms. The van der Waals surface area contributed by atoms with E-state index in [4.69, 9.17) is 16.3 Å². The summed E-state index contributed by atoms with van der Waals surface area (Å²) in [6, 6.07) is 20.3. The molecule has 0 radical (unpaired) electrons. The average Bonchev–Trinajstić information content (AvgIpc) is 3.18. The molecular formula is C26H24ClNO6. The standard InChI is InChI=1S/C26H24ClNO6/c1-33-25(31)20-11-10-15(12-22(20)27)24(30)23(29)13-28-26(32)34-14-21-18-8-4-2-6-16(18)17-7-3-5-9-19(17)21/h2-12,21,23-24,29-30H,13-14H2,1H3,(H,28,32). The van der Waals surface area contributed by atoms with Crippen molar-refractivity contribution in [1.29, 1.82) is 0 Å². The van der Waals surface area contributed by atoms with Gasteiger partial charge in [0, 0.05) is 12.5 Å². The third kappa shape index (κ3) is 4.77. The van der Waals surface area contributed by atoms with Crippen LogP contribution in [0.4, 0.5) is 4.79 Å². The normalized spacial score (nSPS) is 14.0. The number of esters is 1. The SMILES string of the molecule is COC(=O)c1ccc(C(O)C(O)CNC(=O)OCC2c3ccccc3-c3ccccc32)cc1Cl. The highest BCUT2D eigenvalue weighted by atomic mass is 35.5. The molecule has 1 aliphatic rings. The molecule has 2 unspecified atom stereocenters. The predicted octanol–water partition coefficient (Wildman–Crippen LogP) is 4.06. The number of fused-ring (bicyclic) bond motifs is 3. The summed E-state index contributed by atoms with van der Waals surface area (Å²) in [4.78, 5) is 23.9. The third-order valence-corrected chi connectivity index (χ3v) is 6.22. The number of hydrogen-bond donors (Lipinski definition) is 3. The summed E-state index contributed by atoms with van der Waals surface area (Å²) in [5, 5.41) is 23.3. The molecule has 0 spiro atoms. The number of rotatable bonds is 7. The van der Waals surface area contributed by atoms with E-state index in [9.17, 15) is 19.8 Å². The number of carbonyl (C=O) groups is 2. The summed E-state index contributed by atoms with van der Waals surface area (Å²) in [6.45, 7) is -0.0999. The van der Waals surface area contributed by atoms with Crippen molar-refractivity contribution >= 4 is 23.7 Å². The first-order chi connectivity index (χ1) is 16.4. The zero-order chi connectivity index (χ0) is 24.2. The number of hydrogen-bond acceptors (Lipinski definition) is 6. The minimum Gasteiger partial charge on any atom is -0.465 e. The van der Waals surface area contributed by atoms with Crippen molar-refractivity contribution in [2.24, 2.45) is 0 Å². The van der Waals surface area contributed by atoms with Crippen LogP contribution in [-0.4, -0.2) is 48.6 Å². The number of aliphatic hydroxyl groups excluding tert-OH is 2. The number of methoxy groups -OCH3 is 1. The Labute approximate surface area is 201 Å². The summed E-state index contributed by atoms with van der Waals surface area (Å²) in [6.07, 6.45) is -3.36. The zero-order valence-electron chi connectivity index (χ0n) is 18.4. The van der Waals surface area contributed by atoms with Crippen LogP contribution in [0.1, 0.15) is 39.1 Å². The molecule has 7 nitrogen and oxygen atoms in total. The maximum Gasteiger partial charge on any atom is 0.407 e. The van der Waals surface area contributed by atoms with Crippen molar-refractivity contribution in [3.8, 4) is 11.1 Å². The van der Waals surface area contributed by atoms with Crippen molar-refractivity contribution in [2.45, 2.75) is 18.1 Å². The van der Waals surface area contributed by atoms with Gasteiger partial charge in [0.15, 0.2) is 0 Å². The summed E-state index contributed by atoms with van der Waals surface area (Å²) in [5.41, 5.74) is 4.88. The van der Waals surface area contributed by atoms with Gasteiger partial charge in [-0.05, 0) is 39.9 Å². The second-order valence-corrected chi connectivity index (χ2v) is 8.36. The predicted molar refractivity (Wildman–Crippen MR) is 127 cm³/mol. The van der Waals surface area contributed by atoms with Crippen molar-refractivity contribution in [1.82, 2.24) is 5.32 Å². The van der Waals surface area contributed by atoms with Crippen LogP contribution in [0.15, 0.2) is 66.7 Å². The summed E-state index contributed by atoms with van der Waals surface area (Å²) < 4.78 is 10.1. The Balaban J connectivity index is 1.33. The van der Waals surface area contributed by atoms with E-state index in [2.05, 4.69) is 22.2 Å². The number of carbonyl (C=O) groups excluding carboxylic acids is 2. The molecule has 0 bridgehead atoms. The van der Waals surface area contributed by atoms with E-state index in [0.29, 0.717) is 5.56 Å². The fourth-order valence-corrected chi connectivity index (χ4v) is 4.43. The molecule has 3 N–H and O–H groups in total. The number of nitrogens with one attached hydrogen (secondary N) is 1. The highest BCUT2D eigenvalue weighted by Gasteiger charge is 2.29. The fraction of sp³-hybridized carbons (Fsp3) is 0.231. The minimum absolute atomic E-state index is 0.0795. The number of ether oxygens (including phenoxy) is 2. The van der Waals surface area contributed by atoms with Gasteiger partial charge in [-0.15, -0.1) is 0 Å². The van der Waals surface area contributed by atoms with E-state index in [1.54, 1.807) is 0 Å².